The van der Waals surface area contributed by atoms with E-state index in [2.05, 4.69) is 22.2 Å². The van der Waals surface area contributed by atoms with E-state index >= 15 is 0 Å². The number of piperidine rings is 1. The monoisotopic (exact) mass is 378 g/mol. The average molecular weight is 378 g/mol. The van der Waals surface area contributed by atoms with E-state index in [0.717, 1.165) is 19.8 Å². The maximum atomic E-state index is 13.5. The van der Waals surface area contributed by atoms with E-state index in [4.69, 9.17) is 4.74 Å². The minimum absolute atomic E-state index is 0.0512. The number of nitrogens with one attached hydrogen (secondary N) is 1. The quantitative estimate of drug-likeness (QED) is 0.887. The molecule has 4 heterocycles. The Morgan fingerprint density at radius 3 is 2.74 bits per heavy atom. The number of aromatic nitrogens is 2. The van der Waals surface area contributed by atoms with Crippen molar-refractivity contribution in [2.75, 3.05) is 20.3 Å². The van der Waals surface area contributed by atoms with Crippen LogP contribution in [0.15, 0.2) is 24.5 Å². The number of hydrogen-bond donors (Lipinski definition) is 1. The van der Waals surface area contributed by atoms with Crippen LogP contribution in [-0.4, -0.2) is 64.7 Å². The van der Waals surface area contributed by atoms with Gasteiger partial charge in [-0.3, -0.25) is 9.69 Å². The molecule has 4 rings (SSSR count). The predicted octanol–water partition coefficient (Wildman–Crippen LogP) is 2.28. The molecule has 2 aromatic rings. The highest BCUT2D eigenvalue weighted by Gasteiger charge is 2.37. The number of halogens is 2. The largest absolute Gasteiger partial charge is 0.378 e. The summed E-state index contributed by atoms with van der Waals surface area (Å²) < 4.78 is 34.0. The summed E-state index contributed by atoms with van der Waals surface area (Å²) in [6.45, 7) is 1.70. The van der Waals surface area contributed by atoms with Crippen molar-refractivity contribution < 1.29 is 18.3 Å². The minimum Gasteiger partial charge on any atom is -0.378 e. The van der Waals surface area contributed by atoms with Crippen molar-refractivity contribution in [2.45, 2.75) is 50.4 Å². The van der Waals surface area contributed by atoms with E-state index in [-0.39, 0.29) is 11.9 Å². The van der Waals surface area contributed by atoms with E-state index in [0.29, 0.717) is 41.9 Å². The van der Waals surface area contributed by atoms with Crippen LogP contribution in [0.3, 0.4) is 0 Å². The van der Waals surface area contributed by atoms with Crippen molar-refractivity contribution in [3.05, 3.63) is 30.1 Å². The molecular formula is C19H24F2N4O2. The van der Waals surface area contributed by atoms with Gasteiger partial charge in [-0.2, -0.15) is 0 Å². The number of nitrogens with zero attached hydrogens (tertiary/aromatic N) is 3. The molecular weight excluding hydrogens is 354 g/mol. The normalized spacial score (nSPS) is 26.3. The number of alkyl halides is 2. The number of hydrogen-bond acceptors (Lipinski definition) is 4. The van der Waals surface area contributed by atoms with E-state index < -0.39 is 12.5 Å². The van der Waals surface area contributed by atoms with Crippen molar-refractivity contribution in [2.24, 2.45) is 0 Å². The molecule has 2 bridgehead atoms. The molecule has 1 unspecified atom stereocenters. The second kappa shape index (κ2) is 6.83. The Morgan fingerprint density at radius 2 is 2.07 bits per heavy atom. The van der Waals surface area contributed by atoms with E-state index in [9.17, 15) is 13.6 Å². The molecule has 27 heavy (non-hydrogen) atoms. The van der Waals surface area contributed by atoms with Crippen LogP contribution in [0.1, 0.15) is 30.1 Å². The zero-order chi connectivity index (χ0) is 19.2. The van der Waals surface area contributed by atoms with Crippen LogP contribution in [0.4, 0.5) is 8.78 Å². The van der Waals surface area contributed by atoms with Gasteiger partial charge < -0.3 is 14.6 Å². The SMILES string of the molecule is CN1[C@@H]2COC[C@H]1CC(NC(=O)c1cn(CC(C)(F)F)c3ncccc13)C2. The van der Waals surface area contributed by atoms with Gasteiger partial charge in [0, 0.05) is 42.8 Å². The lowest BCUT2D eigenvalue weighted by atomic mass is 9.90. The first-order valence-electron chi connectivity index (χ1n) is 9.24. The first kappa shape index (κ1) is 18.3. The second-order valence-corrected chi connectivity index (χ2v) is 7.77. The fraction of sp³-hybridized carbons (Fsp3) is 0.579. The Morgan fingerprint density at radius 1 is 1.37 bits per heavy atom. The van der Waals surface area contributed by atoms with Gasteiger partial charge in [0.2, 0.25) is 0 Å². The summed E-state index contributed by atoms with van der Waals surface area (Å²) in [5, 5.41) is 3.70. The summed E-state index contributed by atoms with van der Waals surface area (Å²) in [4.78, 5) is 19.4. The number of ether oxygens (including phenoxy) is 1. The highest BCUT2D eigenvalue weighted by molar-refractivity contribution is 6.06. The molecule has 2 aromatic heterocycles. The summed E-state index contributed by atoms with van der Waals surface area (Å²) in [7, 11) is 2.10. The molecule has 2 saturated heterocycles. The molecule has 2 fully saturated rings. The van der Waals surface area contributed by atoms with Crippen molar-refractivity contribution in [3.63, 3.8) is 0 Å². The molecule has 1 amide bonds. The fourth-order valence-corrected chi connectivity index (χ4v) is 4.20. The Balaban J connectivity index is 1.56. The first-order valence-corrected chi connectivity index (χ1v) is 9.24. The Bertz CT molecular complexity index is 834. The summed E-state index contributed by atoms with van der Waals surface area (Å²) in [5.74, 6) is -3.12. The molecule has 0 aliphatic carbocycles. The van der Waals surface area contributed by atoms with Crippen LogP contribution in [0.2, 0.25) is 0 Å². The summed E-state index contributed by atoms with van der Waals surface area (Å²) >= 11 is 0. The van der Waals surface area contributed by atoms with Crippen LogP contribution in [0.5, 0.6) is 0 Å². The molecule has 6 nitrogen and oxygen atoms in total. The maximum absolute atomic E-state index is 13.5. The van der Waals surface area contributed by atoms with E-state index in [1.54, 1.807) is 18.3 Å². The van der Waals surface area contributed by atoms with Crippen molar-refractivity contribution in [1.29, 1.82) is 0 Å². The van der Waals surface area contributed by atoms with E-state index in [1.165, 1.54) is 10.8 Å². The van der Waals surface area contributed by atoms with Gasteiger partial charge in [-0.1, -0.05) is 0 Å². The second-order valence-electron chi connectivity index (χ2n) is 7.77. The van der Waals surface area contributed by atoms with Crippen molar-refractivity contribution in [1.82, 2.24) is 19.8 Å². The molecule has 1 N–H and O–H groups in total. The molecule has 3 atom stereocenters. The van der Waals surface area contributed by atoms with Crippen LogP contribution < -0.4 is 5.32 Å². The van der Waals surface area contributed by atoms with E-state index in [1.807, 2.05) is 0 Å². The van der Waals surface area contributed by atoms with Gasteiger partial charge in [0.05, 0.1) is 25.3 Å². The Hall–Kier alpha value is -2.06. The molecule has 2 aliphatic heterocycles. The highest BCUT2D eigenvalue weighted by atomic mass is 19.3. The van der Waals surface area contributed by atoms with Gasteiger partial charge in [0.15, 0.2) is 0 Å². The number of carbonyl (C=O) groups excluding carboxylic acids is 1. The zero-order valence-electron chi connectivity index (χ0n) is 15.5. The van der Waals surface area contributed by atoms with Crippen LogP contribution >= 0.6 is 0 Å². The first-order chi connectivity index (χ1) is 12.8. The van der Waals surface area contributed by atoms with Crippen LogP contribution in [-0.2, 0) is 11.3 Å². The van der Waals surface area contributed by atoms with Gasteiger partial charge in [-0.15, -0.1) is 0 Å². The Labute approximate surface area is 156 Å². The lowest BCUT2D eigenvalue weighted by Crippen LogP contribution is -2.59. The van der Waals surface area contributed by atoms with Gasteiger partial charge in [-0.05, 0) is 32.0 Å². The third-order valence-corrected chi connectivity index (χ3v) is 5.55. The van der Waals surface area contributed by atoms with Gasteiger partial charge in [0.25, 0.3) is 11.8 Å². The number of carbonyl (C=O) groups is 1. The maximum Gasteiger partial charge on any atom is 0.262 e. The third-order valence-electron chi connectivity index (χ3n) is 5.55. The lowest BCUT2D eigenvalue weighted by Gasteiger charge is -2.46. The molecule has 0 spiro atoms. The molecule has 2 aliphatic rings. The molecule has 0 aromatic carbocycles. The summed E-state index contributed by atoms with van der Waals surface area (Å²) in [6, 6.07) is 4.10. The predicted molar refractivity (Wildman–Crippen MR) is 97.0 cm³/mol. The average Bonchev–Trinajstić information content (AvgIpc) is 2.93. The number of amides is 1. The molecule has 0 radical (unpaired) electrons. The number of pyridine rings is 1. The fourth-order valence-electron chi connectivity index (χ4n) is 4.20. The third kappa shape index (κ3) is 3.68. The minimum atomic E-state index is -2.89. The number of rotatable bonds is 4. The van der Waals surface area contributed by atoms with Gasteiger partial charge >= 0.3 is 0 Å². The van der Waals surface area contributed by atoms with Gasteiger partial charge in [0.1, 0.15) is 5.65 Å². The lowest BCUT2D eigenvalue weighted by molar-refractivity contribution is -0.0670. The summed E-state index contributed by atoms with van der Waals surface area (Å²) in [6.07, 6.45) is 4.68. The van der Waals surface area contributed by atoms with Gasteiger partial charge in [-0.25, -0.2) is 13.8 Å². The molecule has 146 valence electrons. The molecule has 8 heteroatoms. The smallest absolute Gasteiger partial charge is 0.262 e. The standard InChI is InChI=1S/C19H24F2N4O2/c1-19(20,21)11-25-8-16(15-4-3-5-22-17(15)25)18(26)23-12-6-13-9-27-10-14(7-12)24(13)2/h3-5,8,12-14H,6-7,9-11H2,1-2H3,(H,23,26)/t12?,13-,14+. The van der Waals surface area contributed by atoms with Crippen LogP contribution in [0.25, 0.3) is 11.0 Å². The summed E-state index contributed by atoms with van der Waals surface area (Å²) in [5.41, 5.74) is 0.792. The Kier molecular flexibility index (Phi) is 4.63. The van der Waals surface area contributed by atoms with Crippen LogP contribution in [0, 0.1) is 0 Å². The zero-order valence-corrected chi connectivity index (χ0v) is 15.5. The highest BCUT2D eigenvalue weighted by Crippen LogP contribution is 2.27. The number of fused-ring (bicyclic) bond motifs is 3. The van der Waals surface area contributed by atoms with Crippen molar-refractivity contribution >= 4 is 16.9 Å². The molecule has 0 saturated carbocycles. The number of morpholine rings is 1. The number of likely N-dealkylation sites (N-methyl/N-ethyl adjacent to an activating group) is 1. The van der Waals surface area contributed by atoms with Crippen molar-refractivity contribution in [3.8, 4) is 0 Å². The topological polar surface area (TPSA) is 59.4 Å².